The number of H-pyrrole nitrogens is 1. The molecule has 0 atom stereocenters. The molecule has 0 bridgehead atoms. The maximum absolute atomic E-state index is 13.5. The number of amides is 1. The molecule has 184 valence electrons. The molecule has 1 aliphatic carbocycles. The lowest BCUT2D eigenvalue weighted by molar-refractivity contribution is -0.128. The van der Waals surface area contributed by atoms with Gasteiger partial charge in [-0.3, -0.25) is 23.7 Å². The summed E-state index contributed by atoms with van der Waals surface area (Å²) in [7, 11) is 3.37. The zero-order valence-electron chi connectivity index (χ0n) is 20.4. The van der Waals surface area contributed by atoms with Crippen molar-refractivity contribution >= 4 is 5.91 Å². The highest BCUT2D eigenvalue weighted by atomic mass is 16.5. The monoisotopic (exact) mass is 485 g/mol. The number of benzene rings is 2. The number of carbonyl (C=O) groups excluding carboxylic acids is 1. The van der Waals surface area contributed by atoms with Gasteiger partial charge in [0.2, 0.25) is 5.91 Å². The molecule has 1 N–H and O–H groups in total. The summed E-state index contributed by atoms with van der Waals surface area (Å²) in [6.07, 6.45) is 2.07. The molecule has 1 saturated carbocycles. The Morgan fingerprint density at radius 2 is 1.78 bits per heavy atom. The van der Waals surface area contributed by atoms with Crippen LogP contribution in [0, 0.1) is 6.92 Å². The molecule has 5 rings (SSSR count). The molecule has 4 aromatic rings. The molecule has 0 saturated heterocycles. The molecule has 1 fully saturated rings. The standard InChI is InChI=1S/C27H27N5O4/c1-16-22(14-23(33)31(2)3)26(34)32(25(28-16)19-12-13-19)15-17-8-10-18(11-9-17)20-6-4-5-7-21(20)24-29-27(35)36-30-24/h4-11,19H,12-15H2,1-3H3,(H,29,30,35). The summed E-state index contributed by atoms with van der Waals surface area (Å²) in [5.74, 6) is 0.712. The molecular formula is C27H27N5O4. The number of aromatic amines is 1. The zero-order valence-corrected chi connectivity index (χ0v) is 20.4. The van der Waals surface area contributed by atoms with Crippen molar-refractivity contribution in [1.29, 1.82) is 0 Å². The molecular weight excluding hydrogens is 458 g/mol. The number of nitrogens with one attached hydrogen (secondary N) is 1. The third kappa shape index (κ3) is 4.64. The van der Waals surface area contributed by atoms with Crippen LogP contribution in [0.1, 0.15) is 41.4 Å². The van der Waals surface area contributed by atoms with Crippen molar-refractivity contribution < 1.29 is 9.32 Å². The van der Waals surface area contributed by atoms with Gasteiger partial charge >= 0.3 is 5.76 Å². The van der Waals surface area contributed by atoms with E-state index in [4.69, 9.17) is 4.98 Å². The van der Waals surface area contributed by atoms with Crippen LogP contribution in [0.3, 0.4) is 0 Å². The molecule has 9 nitrogen and oxygen atoms in total. The predicted octanol–water partition coefficient (Wildman–Crippen LogP) is 3.12. The zero-order chi connectivity index (χ0) is 25.4. The lowest BCUT2D eigenvalue weighted by Gasteiger charge is -2.17. The van der Waals surface area contributed by atoms with Crippen LogP contribution in [0.15, 0.2) is 62.6 Å². The highest BCUT2D eigenvalue weighted by Crippen LogP contribution is 2.39. The number of carbonyl (C=O) groups is 1. The van der Waals surface area contributed by atoms with Crippen LogP contribution < -0.4 is 11.3 Å². The van der Waals surface area contributed by atoms with Crippen molar-refractivity contribution in [2.24, 2.45) is 0 Å². The number of rotatable bonds is 7. The van der Waals surface area contributed by atoms with E-state index in [0.29, 0.717) is 23.6 Å². The quantitative estimate of drug-likeness (QED) is 0.430. The van der Waals surface area contributed by atoms with E-state index >= 15 is 0 Å². The summed E-state index contributed by atoms with van der Waals surface area (Å²) in [5.41, 5.74) is 4.46. The second kappa shape index (κ2) is 9.41. The summed E-state index contributed by atoms with van der Waals surface area (Å²) in [4.78, 5) is 46.1. The minimum Gasteiger partial charge on any atom is -0.349 e. The van der Waals surface area contributed by atoms with E-state index in [1.165, 1.54) is 4.90 Å². The van der Waals surface area contributed by atoms with Gasteiger partial charge in [0.05, 0.1) is 13.0 Å². The van der Waals surface area contributed by atoms with Crippen molar-refractivity contribution in [1.82, 2.24) is 24.6 Å². The molecule has 0 radical (unpaired) electrons. The smallest absolute Gasteiger partial charge is 0.349 e. The summed E-state index contributed by atoms with van der Waals surface area (Å²) < 4.78 is 6.40. The third-order valence-corrected chi connectivity index (χ3v) is 6.50. The Hall–Kier alpha value is -4.27. The first-order valence-corrected chi connectivity index (χ1v) is 11.9. The first-order valence-electron chi connectivity index (χ1n) is 11.9. The third-order valence-electron chi connectivity index (χ3n) is 6.50. The Kier molecular flexibility index (Phi) is 6.13. The summed E-state index contributed by atoms with van der Waals surface area (Å²) in [6.45, 7) is 2.18. The molecule has 0 aliphatic heterocycles. The largest absolute Gasteiger partial charge is 0.439 e. The number of hydrogen-bond acceptors (Lipinski definition) is 6. The molecule has 2 aromatic carbocycles. The van der Waals surface area contributed by atoms with Crippen LogP contribution in [-0.2, 0) is 17.8 Å². The number of likely N-dealkylation sites (N-methyl/N-ethyl adjacent to an activating group) is 1. The first kappa shape index (κ1) is 23.5. The Morgan fingerprint density at radius 3 is 2.39 bits per heavy atom. The van der Waals surface area contributed by atoms with Gasteiger partial charge in [-0.05, 0) is 36.5 Å². The van der Waals surface area contributed by atoms with Gasteiger partial charge in [0.1, 0.15) is 5.82 Å². The summed E-state index contributed by atoms with van der Waals surface area (Å²) in [6, 6.07) is 15.5. The highest BCUT2D eigenvalue weighted by molar-refractivity contribution is 5.80. The van der Waals surface area contributed by atoms with Crippen molar-refractivity contribution in [2.45, 2.75) is 38.6 Å². The fourth-order valence-electron chi connectivity index (χ4n) is 4.30. The molecule has 36 heavy (non-hydrogen) atoms. The topological polar surface area (TPSA) is 114 Å². The van der Waals surface area contributed by atoms with Crippen LogP contribution in [0.25, 0.3) is 22.5 Å². The SMILES string of the molecule is Cc1nc(C2CC2)n(Cc2ccc(-c3ccccc3-c3noc(=O)[nH]3)cc2)c(=O)c1CC(=O)N(C)C. The van der Waals surface area contributed by atoms with Crippen molar-refractivity contribution in [3.63, 3.8) is 0 Å². The van der Waals surface area contributed by atoms with Gasteiger partial charge in [0.25, 0.3) is 5.56 Å². The van der Waals surface area contributed by atoms with E-state index in [0.717, 1.165) is 40.9 Å². The maximum Gasteiger partial charge on any atom is 0.439 e. The number of aromatic nitrogens is 4. The van der Waals surface area contributed by atoms with E-state index in [1.54, 1.807) is 18.7 Å². The summed E-state index contributed by atoms with van der Waals surface area (Å²) in [5, 5.41) is 3.82. The summed E-state index contributed by atoms with van der Waals surface area (Å²) >= 11 is 0. The van der Waals surface area contributed by atoms with E-state index in [1.807, 2.05) is 55.5 Å². The Balaban J connectivity index is 1.48. The number of hydrogen-bond donors (Lipinski definition) is 1. The average Bonchev–Trinajstić information content (AvgIpc) is 3.63. The average molecular weight is 486 g/mol. The van der Waals surface area contributed by atoms with Gasteiger partial charge in [0.15, 0.2) is 5.82 Å². The van der Waals surface area contributed by atoms with Crippen molar-refractivity contribution in [2.75, 3.05) is 14.1 Å². The van der Waals surface area contributed by atoms with Crippen molar-refractivity contribution in [3.05, 3.63) is 92.1 Å². The van der Waals surface area contributed by atoms with E-state index in [9.17, 15) is 14.4 Å². The molecule has 1 amide bonds. The number of nitrogens with zero attached hydrogens (tertiary/aromatic N) is 4. The molecule has 2 aromatic heterocycles. The molecule has 9 heteroatoms. The second-order valence-electron chi connectivity index (χ2n) is 9.35. The molecule has 0 unspecified atom stereocenters. The lowest BCUT2D eigenvalue weighted by atomic mass is 9.98. The lowest BCUT2D eigenvalue weighted by Crippen LogP contribution is -2.33. The van der Waals surface area contributed by atoms with Gasteiger partial charge < -0.3 is 4.90 Å². The van der Waals surface area contributed by atoms with Crippen LogP contribution in [0.5, 0.6) is 0 Å². The predicted molar refractivity (Wildman–Crippen MR) is 135 cm³/mol. The minimum absolute atomic E-state index is 0.0372. The maximum atomic E-state index is 13.5. The Morgan fingerprint density at radius 1 is 1.08 bits per heavy atom. The van der Waals surface area contributed by atoms with E-state index in [2.05, 4.69) is 14.7 Å². The Bertz CT molecular complexity index is 1540. The van der Waals surface area contributed by atoms with Crippen molar-refractivity contribution in [3.8, 4) is 22.5 Å². The second-order valence-corrected chi connectivity index (χ2v) is 9.35. The molecule has 2 heterocycles. The fraction of sp³-hybridized carbons (Fsp3) is 0.296. The van der Waals surface area contributed by atoms with Crippen LogP contribution in [-0.4, -0.2) is 44.6 Å². The molecule has 0 spiro atoms. The van der Waals surface area contributed by atoms with Gasteiger partial charge in [-0.25, -0.2) is 9.78 Å². The van der Waals surface area contributed by atoms with Crippen LogP contribution in [0.4, 0.5) is 0 Å². The van der Waals surface area contributed by atoms with Crippen LogP contribution in [0.2, 0.25) is 0 Å². The van der Waals surface area contributed by atoms with E-state index < -0.39 is 5.76 Å². The normalized spacial score (nSPS) is 13.1. The van der Waals surface area contributed by atoms with Gasteiger partial charge in [-0.1, -0.05) is 53.7 Å². The van der Waals surface area contributed by atoms with Crippen LogP contribution >= 0.6 is 0 Å². The minimum atomic E-state index is -0.606. The Labute approximate surface area is 207 Å². The van der Waals surface area contributed by atoms with Gasteiger partial charge in [-0.15, -0.1) is 0 Å². The molecule has 1 aliphatic rings. The number of aryl methyl sites for hydroxylation is 1. The van der Waals surface area contributed by atoms with Gasteiger partial charge in [-0.2, -0.15) is 0 Å². The highest BCUT2D eigenvalue weighted by Gasteiger charge is 2.30. The van der Waals surface area contributed by atoms with E-state index in [-0.39, 0.29) is 23.8 Å². The fourth-order valence-corrected chi connectivity index (χ4v) is 4.30. The first-order chi connectivity index (χ1) is 17.3. The van der Waals surface area contributed by atoms with Gasteiger partial charge in [0, 0.05) is 36.8 Å².